The first kappa shape index (κ1) is 19.4. The van der Waals surface area contributed by atoms with Crippen LogP contribution in [0.3, 0.4) is 0 Å². The monoisotopic (exact) mass is 447 g/mol. The highest BCUT2D eigenvalue weighted by Crippen LogP contribution is 2.36. The Balaban J connectivity index is 2.05. The fraction of sp³-hybridized carbons (Fsp3) is 0.111. The SMILES string of the molecule is COc1cc(C=C2C(=O)NN(c3ccc(Br)cc3)C2=O)c([N+](=O)[O-])cc1OC. The second kappa shape index (κ2) is 7.69. The molecule has 0 spiro atoms. The molecule has 28 heavy (non-hydrogen) atoms. The quantitative estimate of drug-likeness (QED) is 0.326. The second-order valence-electron chi connectivity index (χ2n) is 5.64. The number of amides is 2. The molecule has 0 radical (unpaired) electrons. The van der Waals surface area contributed by atoms with Crippen molar-refractivity contribution in [3.05, 3.63) is 62.1 Å². The summed E-state index contributed by atoms with van der Waals surface area (Å²) in [6, 6.07) is 9.24. The third-order valence-electron chi connectivity index (χ3n) is 4.01. The molecule has 1 N–H and O–H groups in total. The molecule has 0 unspecified atom stereocenters. The van der Waals surface area contributed by atoms with Gasteiger partial charge in [-0.3, -0.25) is 25.1 Å². The first-order valence-electron chi connectivity index (χ1n) is 7.88. The van der Waals surface area contributed by atoms with Crippen LogP contribution in [-0.2, 0) is 9.59 Å². The molecule has 2 aromatic carbocycles. The Kier molecular flexibility index (Phi) is 5.32. The number of nitro benzene ring substituents is 1. The van der Waals surface area contributed by atoms with Crippen molar-refractivity contribution in [1.29, 1.82) is 0 Å². The number of methoxy groups -OCH3 is 2. The minimum atomic E-state index is -0.669. The molecule has 0 aliphatic carbocycles. The van der Waals surface area contributed by atoms with Crippen molar-refractivity contribution in [2.45, 2.75) is 0 Å². The predicted molar refractivity (Wildman–Crippen MR) is 104 cm³/mol. The Morgan fingerprint density at radius 1 is 1.11 bits per heavy atom. The minimum Gasteiger partial charge on any atom is -0.493 e. The summed E-state index contributed by atoms with van der Waals surface area (Å²) in [5, 5.41) is 12.5. The molecule has 1 aliphatic heterocycles. The highest BCUT2D eigenvalue weighted by atomic mass is 79.9. The molecular weight excluding hydrogens is 434 g/mol. The van der Waals surface area contributed by atoms with E-state index in [-0.39, 0.29) is 28.3 Å². The average molecular weight is 448 g/mol. The van der Waals surface area contributed by atoms with E-state index in [1.165, 1.54) is 26.4 Å². The van der Waals surface area contributed by atoms with Crippen molar-refractivity contribution < 1.29 is 24.0 Å². The maximum absolute atomic E-state index is 12.7. The van der Waals surface area contributed by atoms with E-state index < -0.39 is 16.7 Å². The molecule has 10 heteroatoms. The first-order chi connectivity index (χ1) is 13.3. The molecule has 0 atom stereocenters. The summed E-state index contributed by atoms with van der Waals surface area (Å²) in [7, 11) is 2.73. The number of anilines is 1. The topological polar surface area (TPSA) is 111 Å². The van der Waals surface area contributed by atoms with Gasteiger partial charge in [-0.05, 0) is 36.4 Å². The fourth-order valence-corrected chi connectivity index (χ4v) is 2.91. The Morgan fingerprint density at radius 2 is 1.71 bits per heavy atom. The largest absolute Gasteiger partial charge is 0.493 e. The van der Waals surface area contributed by atoms with E-state index in [0.717, 1.165) is 15.6 Å². The predicted octanol–water partition coefficient (Wildman–Crippen LogP) is 2.84. The lowest BCUT2D eigenvalue weighted by atomic mass is 10.1. The number of halogens is 1. The third-order valence-corrected chi connectivity index (χ3v) is 4.53. The molecule has 2 amide bonds. The van der Waals surface area contributed by atoms with Gasteiger partial charge in [0.15, 0.2) is 11.5 Å². The number of carbonyl (C=O) groups excluding carboxylic acids is 2. The number of ether oxygens (including phenoxy) is 2. The minimum absolute atomic E-state index is 0.0406. The molecular formula is C18H14BrN3O6. The molecule has 1 heterocycles. The summed E-state index contributed by atoms with van der Waals surface area (Å²) in [5.74, 6) is -0.904. The van der Waals surface area contributed by atoms with E-state index in [1.54, 1.807) is 24.3 Å². The zero-order chi connectivity index (χ0) is 20.4. The van der Waals surface area contributed by atoms with Gasteiger partial charge in [-0.15, -0.1) is 0 Å². The van der Waals surface area contributed by atoms with Crippen molar-refractivity contribution in [1.82, 2.24) is 5.43 Å². The van der Waals surface area contributed by atoms with Gasteiger partial charge in [0.2, 0.25) is 0 Å². The molecule has 0 saturated carbocycles. The van der Waals surface area contributed by atoms with Crippen LogP contribution >= 0.6 is 15.9 Å². The van der Waals surface area contributed by atoms with E-state index in [0.29, 0.717) is 5.69 Å². The lowest BCUT2D eigenvalue weighted by molar-refractivity contribution is -0.385. The van der Waals surface area contributed by atoms with Crippen LogP contribution in [0.1, 0.15) is 5.56 Å². The molecule has 9 nitrogen and oxygen atoms in total. The second-order valence-corrected chi connectivity index (χ2v) is 6.55. The van der Waals surface area contributed by atoms with Crippen LogP contribution in [0.5, 0.6) is 11.5 Å². The summed E-state index contributed by atoms with van der Waals surface area (Å²) >= 11 is 3.30. The number of carbonyl (C=O) groups is 2. The molecule has 1 saturated heterocycles. The maximum atomic E-state index is 12.7. The Bertz CT molecular complexity index is 1000. The van der Waals surface area contributed by atoms with Crippen LogP contribution in [0.4, 0.5) is 11.4 Å². The van der Waals surface area contributed by atoms with Crippen LogP contribution in [-0.4, -0.2) is 31.0 Å². The lowest BCUT2D eigenvalue weighted by Gasteiger charge is -2.14. The number of nitro groups is 1. The van der Waals surface area contributed by atoms with Gasteiger partial charge in [0.1, 0.15) is 5.57 Å². The molecule has 1 fully saturated rings. The summed E-state index contributed by atoms with van der Waals surface area (Å²) in [5.41, 5.74) is 2.37. The van der Waals surface area contributed by atoms with Crippen LogP contribution in [0.25, 0.3) is 6.08 Å². The summed E-state index contributed by atoms with van der Waals surface area (Å²) in [6.45, 7) is 0. The smallest absolute Gasteiger partial charge is 0.282 e. The normalized spacial score (nSPS) is 15.0. The standard InChI is InChI=1S/C18H14BrN3O6/c1-27-15-8-10(14(22(25)26)9-16(15)28-2)7-13-17(23)20-21(18(13)24)12-5-3-11(19)4-6-12/h3-9H,1-2H3,(H,20,23). The average Bonchev–Trinajstić information content (AvgIpc) is 2.96. The molecule has 1 aliphatic rings. The van der Waals surface area contributed by atoms with Gasteiger partial charge in [-0.2, -0.15) is 0 Å². The van der Waals surface area contributed by atoms with Crippen LogP contribution in [0.2, 0.25) is 0 Å². The molecule has 3 rings (SSSR count). The van der Waals surface area contributed by atoms with Gasteiger partial charge in [0.05, 0.1) is 36.5 Å². The number of rotatable bonds is 5. The van der Waals surface area contributed by atoms with Gasteiger partial charge in [-0.1, -0.05) is 15.9 Å². The number of hydrazine groups is 1. The van der Waals surface area contributed by atoms with Crippen LogP contribution < -0.4 is 19.9 Å². The van der Waals surface area contributed by atoms with Gasteiger partial charge in [-0.25, -0.2) is 5.01 Å². The molecule has 144 valence electrons. The number of benzene rings is 2. The highest BCUT2D eigenvalue weighted by molar-refractivity contribution is 9.10. The zero-order valence-electron chi connectivity index (χ0n) is 14.8. The lowest BCUT2D eigenvalue weighted by Crippen LogP contribution is -2.35. The number of nitrogens with one attached hydrogen (secondary N) is 1. The Hall–Kier alpha value is -3.40. The number of hydrogen-bond acceptors (Lipinski definition) is 6. The van der Waals surface area contributed by atoms with Gasteiger partial charge in [0, 0.05) is 4.47 Å². The highest BCUT2D eigenvalue weighted by Gasteiger charge is 2.35. The van der Waals surface area contributed by atoms with E-state index in [4.69, 9.17) is 9.47 Å². The van der Waals surface area contributed by atoms with Crippen molar-refractivity contribution >= 4 is 45.2 Å². The van der Waals surface area contributed by atoms with E-state index in [9.17, 15) is 19.7 Å². The van der Waals surface area contributed by atoms with Crippen molar-refractivity contribution in [2.75, 3.05) is 19.2 Å². The Morgan fingerprint density at radius 3 is 2.29 bits per heavy atom. The molecule has 0 aromatic heterocycles. The van der Waals surface area contributed by atoms with Crippen molar-refractivity contribution in [3.8, 4) is 11.5 Å². The van der Waals surface area contributed by atoms with E-state index in [2.05, 4.69) is 21.4 Å². The maximum Gasteiger partial charge on any atom is 0.282 e. The third kappa shape index (κ3) is 3.54. The summed E-state index contributed by atoms with van der Waals surface area (Å²) in [6.07, 6.45) is 1.16. The van der Waals surface area contributed by atoms with Crippen LogP contribution in [0, 0.1) is 10.1 Å². The van der Waals surface area contributed by atoms with Gasteiger partial charge >= 0.3 is 0 Å². The van der Waals surface area contributed by atoms with E-state index in [1.807, 2.05) is 0 Å². The van der Waals surface area contributed by atoms with Crippen molar-refractivity contribution in [3.63, 3.8) is 0 Å². The van der Waals surface area contributed by atoms with Gasteiger partial charge in [0.25, 0.3) is 17.5 Å². The number of nitrogens with zero attached hydrogens (tertiary/aromatic N) is 2. The summed E-state index contributed by atoms with van der Waals surface area (Å²) in [4.78, 5) is 35.8. The van der Waals surface area contributed by atoms with Gasteiger partial charge < -0.3 is 9.47 Å². The van der Waals surface area contributed by atoms with Crippen molar-refractivity contribution in [2.24, 2.45) is 0 Å². The first-order valence-corrected chi connectivity index (χ1v) is 8.68. The Labute approximate surface area is 167 Å². The number of hydrogen-bond donors (Lipinski definition) is 1. The molecule has 0 bridgehead atoms. The molecule has 2 aromatic rings. The zero-order valence-corrected chi connectivity index (χ0v) is 16.3. The summed E-state index contributed by atoms with van der Waals surface area (Å²) < 4.78 is 11.0. The van der Waals surface area contributed by atoms with E-state index >= 15 is 0 Å². The van der Waals surface area contributed by atoms with Crippen LogP contribution in [0.15, 0.2) is 46.4 Å². The fourth-order valence-electron chi connectivity index (χ4n) is 2.64.